The number of rotatable bonds is 5. The third-order valence-corrected chi connectivity index (χ3v) is 3.22. The smallest absolute Gasteiger partial charge is 0.414 e. The van der Waals surface area contributed by atoms with Crippen LogP contribution in [0.15, 0.2) is 18.3 Å². The Bertz CT molecular complexity index is 789. The molecule has 0 radical (unpaired) electrons. The van der Waals surface area contributed by atoms with Crippen LogP contribution in [0.25, 0.3) is 0 Å². The van der Waals surface area contributed by atoms with Gasteiger partial charge in [0.05, 0.1) is 21.3 Å². The van der Waals surface area contributed by atoms with Crippen LogP contribution in [0.4, 0.5) is 11.8 Å². The van der Waals surface area contributed by atoms with Gasteiger partial charge < -0.3 is 35.9 Å². The first-order valence-corrected chi connectivity index (χ1v) is 7.35. The highest BCUT2D eigenvalue weighted by molar-refractivity contribution is 6.27. The number of aliphatic carboxylic acids is 2. The number of aromatic nitrogens is 2. The first-order chi connectivity index (χ1) is 12.7. The van der Waals surface area contributed by atoms with E-state index in [1.807, 2.05) is 12.1 Å². The number of carboxylic acids is 2. The Morgan fingerprint density at radius 2 is 1.52 bits per heavy atom. The van der Waals surface area contributed by atoms with E-state index in [4.69, 9.17) is 45.5 Å². The Kier molecular flexibility index (Phi) is 7.61. The van der Waals surface area contributed by atoms with Gasteiger partial charge in [-0.05, 0) is 17.7 Å². The van der Waals surface area contributed by atoms with Gasteiger partial charge in [0.25, 0.3) is 0 Å². The molecule has 146 valence electrons. The number of nitrogen functional groups attached to an aromatic ring is 2. The van der Waals surface area contributed by atoms with Crippen LogP contribution in [0.5, 0.6) is 17.2 Å². The summed E-state index contributed by atoms with van der Waals surface area (Å²) < 4.78 is 15.9. The molecular formula is C16H20N4O7. The Labute approximate surface area is 154 Å². The molecule has 0 atom stereocenters. The lowest BCUT2D eigenvalue weighted by Crippen LogP contribution is -2.09. The van der Waals surface area contributed by atoms with Gasteiger partial charge in [-0.2, -0.15) is 4.98 Å². The summed E-state index contributed by atoms with van der Waals surface area (Å²) in [5.74, 6) is -1.42. The molecule has 6 N–H and O–H groups in total. The van der Waals surface area contributed by atoms with Crippen LogP contribution >= 0.6 is 0 Å². The zero-order valence-corrected chi connectivity index (χ0v) is 14.9. The number of hydrogen-bond donors (Lipinski definition) is 4. The second-order valence-electron chi connectivity index (χ2n) is 4.96. The number of benzene rings is 1. The van der Waals surface area contributed by atoms with Gasteiger partial charge in [-0.25, -0.2) is 14.6 Å². The average Bonchev–Trinajstić information content (AvgIpc) is 2.63. The molecule has 0 saturated carbocycles. The fourth-order valence-electron chi connectivity index (χ4n) is 2.03. The van der Waals surface area contributed by atoms with Gasteiger partial charge in [-0.3, -0.25) is 0 Å². The maximum atomic E-state index is 9.10. The predicted molar refractivity (Wildman–Crippen MR) is 95.0 cm³/mol. The molecule has 1 aromatic carbocycles. The molecule has 0 amide bonds. The van der Waals surface area contributed by atoms with Crippen LogP contribution in [0, 0.1) is 0 Å². The van der Waals surface area contributed by atoms with Gasteiger partial charge >= 0.3 is 11.9 Å². The normalized spacial score (nSPS) is 9.59. The van der Waals surface area contributed by atoms with Gasteiger partial charge in [0.1, 0.15) is 5.82 Å². The van der Waals surface area contributed by atoms with Crippen LogP contribution < -0.4 is 25.7 Å². The lowest BCUT2D eigenvalue weighted by Gasteiger charge is -2.14. The molecule has 0 spiro atoms. The van der Waals surface area contributed by atoms with E-state index < -0.39 is 11.9 Å². The summed E-state index contributed by atoms with van der Waals surface area (Å²) in [5, 5.41) is 14.8. The van der Waals surface area contributed by atoms with Crippen molar-refractivity contribution in [2.75, 3.05) is 32.8 Å². The fraction of sp³-hybridized carbons (Fsp3) is 0.250. The third kappa shape index (κ3) is 5.92. The summed E-state index contributed by atoms with van der Waals surface area (Å²) in [6.07, 6.45) is 2.14. The number of nitrogens with two attached hydrogens (primary N) is 2. The van der Waals surface area contributed by atoms with E-state index >= 15 is 0 Å². The second kappa shape index (κ2) is 9.65. The molecule has 0 unspecified atom stereocenters. The molecule has 11 nitrogen and oxygen atoms in total. The number of hydrogen-bond acceptors (Lipinski definition) is 9. The highest BCUT2D eigenvalue weighted by atomic mass is 16.5. The SMILES string of the molecule is COc1cc(Cc2cnc(N)nc2N)cc(OC)c1OC.O=C(O)C(=O)O. The zero-order chi connectivity index (χ0) is 20.6. The van der Waals surface area contributed by atoms with Gasteiger partial charge in [-0.15, -0.1) is 0 Å². The first-order valence-electron chi connectivity index (χ1n) is 7.35. The van der Waals surface area contributed by atoms with Gasteiger partial charge in [-0.1, -0.05) is 0 Å². The van der Waals surface area contributed by atoms with Gasteiger partial charge in [0, 0.05) is 18.2 Å². The Morgan fingerprint density at radius 1 is 1.00 bits per heavy atom. The quantitative estimate of drug-likeness (QED) is 0.527. The minimum atomic E-state index is -1.82. The van der Waals surface area contributed by atoms with E-state index in [-0.39, 0.29) is 5.95 Å². The van der Waals surface area contributed by atoms with Crippen molar-refractivity contribution in [3.63, 3.8) is 0 Å². The number of carboxylic acid groups (broad SMARTS) is 2. The summed E-state index contributed by atoms with van der Waals surface area (Å²) in [6, 6.07) is 3.72. The molecule has 27 heavy (non-hydrogen) atoms. The van der Waals surface area contributed by atoms with Crippen molar-refractivity contribution in [2.45, 2.75) is 6.42 Å². The number of anilines is 2. The lowest BCUT2D eigenvalue weighted by molar-refractivity contribution is -0.159. The summed E-state index contributed by atoms with van der Waals surface area (Å²) >= 11 is 0. The van der Waals surface area contributed by atoms with Crippen LogP contribution in [0.1, 0.15) is 11.1 Å². The topological polar surface area (TPSA) is 180 Å². The molecule has 1 heterocycles. The molecule has 2 aromatic rings. The largest absolute Gasteiger partial charge is 0.493 e. The molecule has 11 heteroatoms. The van der Waals surface area contributed by atoms with Crippen molar-refractivity contribution in [2.24, 2.45) is 0 Å². The lowest BCUT2D eigenvalue weighted by atomic mass is 10.1. The van der Waals surface area contributed by atoms with Crippen LogP contribution in [0.2, 0.25) is 0 Å². The highest BCUT2D eigenvalue weighted by Gasteiger charge is 2.14. The molecule has 1 aromatic heterocycles. The Hall–Kier alpha value is -3.76. The summed E-state index contributed by atoms with van der Waals surface area (Å²) in [6.45, 7) is 0. The van der Waals surface area contributed by atoms with Crippen molar-refractivity contribution in [1.82, 2.24) is 9.97 Å². The van der Waals surface area contributed by atoms with E-state index in [9.17, 15) is 0 Å². The summed E-state index contributed by atoms with van der Waals surface area (Å²) in [5.41, 5.74) is 13.1. The summed E-state index contributed by atoms with van der Waals surface area (Å²) in [7, 11) is 4.70. The van der Waals surface area contributed by atoms with Crippen molar-refractivity contribution in [3.8, 4) is 17.2 Å². The number of methoxy groups -OCH3 is 3. The Morgan fingerprint density at radius 3 is 1.89 bits per heavy atom. The van der Waals surface area contributed by atoms with Crippen molar-refractivity contribution in [3.05, 3.63) is 29.5 Å². The number of nitrogens with zero attached hydrogens (tertiary/aromatic N) is 2. The number of ether oxygens (including phenoxy) is 3. The predicted octanol–water partition coefficient (Wildman–Crippen LogP) is 0.413. The standard InChI is InChI=1S/C14H18N4O3.C2H2O4/c1-19-10-5-8(6-11(20-2)12(10)21-3)4-9-7-17-14(16)18-13(9)15;3-1(4)2(5)6/h5-7H,4H2,1-3H3,(H4,15,16,17,18);(H,3,4)(H,5,6). The van der Waals surface area contributed by atoms with E-state index in [1.165, 1.54) is 0 Å². The average molecular weight is 380 g/mol. The zero-order valence-electron chi connectivity index (χ0n) is 14.9. The van der Waals surface area contributed by atoms with E-state index in [1.54, 1.807) is 27.5 Å². The van der Waals surface area contributed by atoms with Crippen LogP contribution in [-0.2, 0) is 16.0 Å². The van der Waals surface area contributed by atoms with Crippen molar-refractivity contribution < 1.29 is 34.0 Å². The molecule has 2 rings (SSSR count). The third-order valence-electron chi connectivity index (χ3n) is 3.22. The van der Waals surface area contributed by atoms with Crippen LogP contribution in [-0.4, -0.2) is 53.4 Å². The van der Waals surface area contributed by atoms with Crippen molar-refractivity contribution in [1.29, 1.82) is 0 Å². The fourth-order valence-corrected chi connectivity index (χ4v) is 2.03. The molecule has 0 aliphatic heterocycles. The maximum Gasteiger partial charge on any atom is 0.414 e. The van der Waals surface area contributed by atoms with E-state index in [0.29, 0.717) is 29.5 Å². The first kappa shape index (κ1) is 21.3. The minimum absolute atomic E-state index is 0.154. The van der Waals surface area contributed by atoms with Crippen LogP contribution in [0.3, 0.4) is 0 Å². The van der Waals surface area contributed by atoms with Gasteiger partial charge in [0.2, 0.25) is 11.7 Å². The second-order valence-corrected chi connectivity index (χ2v) is 4.96. The van der Waals surface area contributed by atoms with E-state index in [2.05, 4.69) is 9.97 Å². The highest BCUT2D eigenvalue weighted by Crippen LogP contribution is 2.38. The monoisotopic (exact) mass is 380 g/mol. The molecule has 0 saturated heterocycles. The number of carbonyl (C=O) groups is 2. The molecule has 0 aliphatic carbocycles. The van der Waals surface area contributed by atoms with Gasteiger partial charge in [0.15, 0.2) is 11.5 Å². The molecule has 0 bridgehead atoms. The Balaban J connectivity index is 0.000000527. The minimum Gasteiger partial charge on any atom is -0.493 e. The molecule has 0 fully saturated rings. The van der Waals surface area contributed by atoms with E-state index in [0.717, 1.165) is 11.1 Å². The van der Waals surface area contributed by atoms with Crippen molar-refractivity contribution >= 4 is 23.7 Å². The maximum absolute atomic E-state index is 9.10. The summed E-state index contributed by atoms with van der Waals surface area (Å²) in [4.78, 5) is 26.1. The molecular weight excluding hydrogens is 360 g/mol. The molecule has 0 aliphatic rings.